The molecule has 0 amide bonds. The number of nitrogens with zero attached hydrogens (tertiary/aromatic N) is 2. The minimum absolute atomic E-state index is 0.0852. The molecule has 2 aromatic rings. The summed E-state index contributed by atoms with van der Waals surface area (Å²) in [5.41, 5.74) is 4.82. The number of halogens is 2. The lowest BCUT2D eigenvalue weighted by atomic mass is 9.55. The molecule has 32 heavy (non-hydrogen) atoms. The summed E-state index contributed by atoms with van der Waals surface area (Å²) in [7, 11) is 0. The summed E-state index contributed by atoms with van der Waals surface area (Å²) in [6.07, 6.45) is 8.25. The van der Waals surface area contributed by atoms with Gasteiger partial charge in [-0.25, -0.2) is 0 Å². The number of aromatic hydroxyl groups is 1. The smallest absolute Gasteiger partial charge is 0.387 e. The zero-order chi connectivity index (χ0) is 22.3. The minimum Gasteiger partial charge on any atom is -0.508 e. The first-order valence-corrected chi connectivity index (χ1v) is 11.4. The Balaban J connectivity index is 1.31. The SMILES string of the molecule is C[C@]12CC[C@@H]3c4ccc(O)cc4CC[C@H]3[C@@H]1CC/C2=N/N=C\c1ccc(OC(F)F)cc1. The van der Waals surface area contributed by atoms with E-state index < -0.39 is 6.61 Å². The molecule has 168 valence electrons. The van der Waals surface area contributed by atoms with Crippen LogP contribution in [0.3, 0.4) is 0 Å². The zero-order valence-electron chi connectivity index (χ0n) is 18.2. The third kappa shape index (κ3) is 3.80. The molecule has 0 radical (unpaired) electrons. The van der Waals surface area contributed by atoms with Gasteiger partial charge in [-0.1, -0.05) is 13.0 Å². The van der Waals surface area contributed by atoms with Crippen LogP contribution in [-0.2, 0) is 6.42 Å². The predicted octanol–water partition coefficient (Wildman–Crippen LogP) is 6.32. The number of ether oxygens (including phenoxy) is 1. The number of hydrogen-bond donors (Lipinski definition) is 1. The number of phenols is 1. The summed E-state index contributed by atoms with van der Waals surface area (Å²) >= 11 is 0. The van der Waals surface area contributed by atoms with Crippen LogP contribution in [0.25, 0.3) is 0 Å². The normalized spacial score (nSPS) is 30.4. The molecule has 2 aromatic carbocycles. The number of hydrogen-bond acceptors (Lipinski definition) is 4. The van der Waals surface area contributed by atoms with E-state index >= 15 is 0 Å². The van der Waals surface area contributed by atoms with E-state index in [2.05, 4.69) is 27.9 Å². The Hall–Kier alpha value is -2.76. The van der Waals surface area contributed by atoms with Crippen LogP contribution in [0.1, 0.15) is 61.6 Å². The Labute approximate surface area is 187 Å². The third-order valence-electron chi connectivity index (χ3n) is 7.94. The number of alkyl halides is 2. The lowest BCUT2D eigenvalue weighted by molar-refractivity contribution is -0.0498. The van der Waals surface area contributed by atoms with Gasteiger partial charge in [0.05, 0.1) is 6.21 Å². The van der Waals surface area contributed by atoms with Crippen LogP contribution >= 0.6 is 0 Å². The van der Waals surface area contributed by atoms with Gasteiger partial charge >= 0.3 is 6.61 Å². The van der Waals surface area contributed by atoms with Crippen LogP contribution in [0.15, 0.2) is 52.7 Å². The van der Waals surface area contributed by atoms with Crippen molar-refractivity contribution in [1.29, 1.82) is 0 Å². The van der Waals surface area contributed by atoms with Crippen molar-refractivity contribution < 1.29 is 18.6 Å². The van der Waals surface area contributed by atoms with Crippen LogP contribution in [0.2, 0.25) is 0 Å². The molecular formula is C26H28F2N2O2. The van der Waals surface area contributed by atoms with Crippen molar-refractivity contribution in [2.45, 2.75) is 58.0 Å². The monoisotopic (exact) mass is 438 g/mol. The molecule has 0 unspecified atom stereocenters. The van der Waals surface area contributed by atoms with Crippen molar-refractivity contribution in [3.05, 3.63) is 59.2 Å². The second-order valence-corrected chi connectivity index (χ2v) is 9.53. The van der Waals surface area contributed by atoms with Gasteiger partial charge in [-0.15, -0.1) is 0 Å². The first-order valence-electron chi connectivity index (χ1n) is 11.4. The number of phenolic OH excluding ortho intramolecular Hbond substituents is 1. The van der Waals surface area contributed by atoms with Crippen LogP contribution in [0.4, 0.5) is 8.78 Å². The average molecular weight is 439 g/mol. The third-order valence-corrected chi connectivity index (χ3v) is 7.94. The van der Waals surface area contributed by atoms with E-state index in [1.54, 1.807) is 18.3 Å². The van der Waals surface area contributed by atoms with Gasteiger partial charge < -0.3 is 9.84 Å². The van der Waals surface area contributed by atoms with E-state index in [0.717, 1.165) is 37.7 Å². The summed E-state index contributed by atoms with van der Waals surface area (Å²) in [6, 6.07) is 12.3. The molecule has 4 atom stereocenters. The van der Waals surface area contributed by atoms with Gasteiger partial charge in [0.15, 0.2) is 0 Å². The van der Waals surface area contributed by atoms with E-state index in [4.69, 9.17) is 0 Å². The summed E-state index contributed by atoms with van der Waals surface area (Å²) in [5.74, 6) is 2.35. The maximum atomic E-state index is 12.3. The van der Waals surface area contributed by atoms with E-state index in [9.17, 15) is 13.9 Å². The van der Waals surface area contributed by atoms with Crippen molar-refractivity contribution in [3.8, 4) is 11.5 Å². The van der Waals surface area contributed by atoms with E-state index in [1.807, 2.05) is 12.1 Å². The molecule has 0 aromatic heterocycles. The number of aryl methyl sites for hydroxylation is 1. The summed E-state index contributed by atoms with van der Waals surface area (Å²) < 4.78 is 29.0. The highest BCUT2D eigenvalue weighted by molar-refractivity contribution is 5.93. The van der Waals surface area contributed by atoms with E-state index in [-0.39, 0.29) is 11.2 Å². The lowest BCUT2D eigenvalue weighted by Crippen LogP contribution is -2.42. The van der Waals surface area contributed by atoms with Crippen molar-refractivity contribution in [2.75, 3.05) is 0 Å². The zero-order valence-corrected chi connectivity index (χ0v) is 18.2. The predicted molar refractivity (Wildman–Crippen MR) is 121 cm³/mol. The molecule has 2 saturated carbocycles. The standard InChI is InChI=1S/C26H28F2N2O2/c1-26-13-12-21-20-9-5-18(31)14-17(20)4-8-22(21)23(26)10-11-24(26)30-29-15-16-2-6-19(7-3-16)32-25(27)28/h2-3,5-7,9,14-15,21-23,25,31H,4,8,10-13H2,1H3/b29-15-,30-24-/t21-,22-,23+,26+/m1/s1. The van der Waals surface area contributed by atoms with Gasteiger partial charge in [-0.2, -0.15) is 19.0 Å². The molecule has 1 N–H and O–H groups in total. The number of benzene rings is 2. The van der Waals surface area contributed by atoms with E-state index in [1.165, 1.54) is 35.4 Å². The van der Waals surface area contributed by atoms with Gasteiger partial charge in [0.1, 0.15) is 11.5 Å². The number of rotatable bonds is 4. The molecule has 0 spiro atoms. The first-order chi connectivity index (χ1) is 15.4. The Morgan fingerprint density at radius 3 is 2.69 bits per heavy atom. The van der Waals surface area contributed by atoms with Crippen molar-refractivity contribution in [3.63, 3.8) is 0 Å². The highest BCUT2D eigenvalue weighted by Gasteiger charge is 2.53. The van der Waals surface area contributed by atoms with Gasteiger partial charge in [-0.3, -0.25) is 0 Å². The summed E-state index contributed by atoms with van der Waals surface area (Å²) in [5, 5.41) is 18.8. The Morgan fingerprint density at radius 2 is 1.91 bits per heavy atom. The number of fused-ring (bicyclic) bond motifs is 5. The second-order valence-electron chi connectivity index (χ2n) is 9.53. The molecule has 4 nitrogen and oxygen atoms in total. The second kappa shape index (κ2) is 8.30. The minimum atomic E-state index is -2.82. The van der Waals surface area contributed by atoms with Gasteiger partial charge in [0.2, 0.25) is 0 Å². The largest absolute Gasteiger partial charge is 0.508 e. The van der Waals surface area contributed by atoms with Crippen molar-refractivity contribution in [2.24, 2.45) is 27.5 Å². The average Bonchev–Trinajstić information content (AvgIpc) is 3.10. The van der Waals surface area contributed by atoms with Crippen LogP contribution in [0.5, 0.6) is 11.5 Å². The fraction of sp³-hybridized carbons (Fsp3) is 0.462. The fourth-order valence-electron chi connectivity index (χ4n) is 6.42. The molecule has 5 rings (SSSR count). The highest BCUT2D eigenvalue weighted by Crippen LogP contribution is 2.60. The molecule has 3 aliphatic rings. The molecule has 0 aliphatic heterocycles. The molecule has 0 bridgehead atoms. The summed E-state index contributed by atoms with van der Waals surface area (Å²) in [4.78, 5) is 0. The van der Waals surface area contributed by atoms with Gasteiger partial charge in [-0.05, 0) is 109 Å². The van der Waals surface area contributed by atoms with Crippen LogP contribution in [0, 0.1) is 17.3 Å². The van der Waals surface area contributed by atoms with Crippen molar-refractivity contribution >= 4 is 11.9 Å². The van der Waals surface area contributed by atoms with Crippen molar-refractivity contribution in [1.82, 2.24) is 0 Å². The Morgan fingerprint density at radius 1 is 1.09 bits per heavy atom. The Bertz CT molecular complexity index is 1050. The lowest BCUT2D eigenvalue weighted by Gasteiger charge is -2.49. The molecule has 0 saturated heterocycles. The van der Waals surface area contributed by atoms with Gasteiger partial charge in [0, 0.05) is 11.1 Å². The molecule has 3 aliphatic carbocycles. The highest BCUT2D eigenvalue weighted by atomic mass is 19.3. The molecule has 0 heterocycles. The topological polar surface area (TPSA) is 54.2 Å². The van der Waals surface area contributed by atoms with E-state index in [0.29, 0.717) is 23.5 Å². The molecule has 6 heteroatoms. The first kappa shape index (κ1) is 21.1. The maximum Gasteiger partial charge on any atom is 0.387 e. The molecular weight excluding hydrogens is 410 g/mol. The fourth-order valence-corrected chi connectivity index (χ4v) is 6.42. The quantitative estimate of drug-likeness (QED) is 0.448. The molecule has 2 fully saturated rings. The Kier molecular flexibility index (Phi) is 5.48. The van der Waals surface area contributed by atoms with Crippen LogP contribution in [-0.4, -0.2) is 23.6 Å². The maximum absolute atomic E-state index is 12.3. The van der Waals surface area contributed by atoms with Gasteiger partial charge in [0.25, 0.3) is 0 Å². The summed E-state index contributed by atoms with van der Waals surface area (Å²) in [6.45, 7) is -0.463. The van der Waals surface area contributed by atoms with Crippen LogP contribution < -0.4 is 4.74 Å².